The predicted molar refractivity (Wildman–Crippen MR) is 116 cm³/mol. The maximum Gasteiger partial charge on any atom is 0.303 e. The van der Waals surface area contributed by atoms with Crippen molar-refractivity contribution in [2.75, 3.05) is 0 Å². The molecule has 0 heterocycles. The van der Waals surface area contributed by atoms with Crippen LogP contribution in [0.25, 0.3) is 0 Å². The fraction of sp³-hybridized carbons (Fsp3) is 0.640. The van der Waals surface area contributed by atoms with Gasteiger partial charge in [-0.05, 0) is 37.8 Å². The molecule has 0 spiro atoms. The van der Waals surface area contributed by atoms with Crippen LogP contribution in [0.5, 0.6) is 0 Å². The zero-order valence-electron chi connectivity index (χ0n) is 18.1. The van der Waals surface area contributed by atoms with Gasteiger partial charge >= 0.3 is 5.97 Å². The Morgan fingerprint density at radius 2 is 1.54 bits per heavy atom. The minimum Gasteiger partial charge on any atom is -0.481 e. The summed E-state index contributed by atoms with van der Waals surface area (Å²) in [5, 5.41) is 8.74. The van der Waals surface area contributed by atoms with Gasteiger partial charge in [0.2, 0.25) is 0 Å². The molecule has 1 aromatic carbocycles. The fourth-order valence-electron chi connectivity index (χ4n) is 2.98. The van der Waals surface area contributed by atoms with E-state index in [0.29, 0.717) is 13.0 Å². The van der Waals surface area contributed by atoms with Gasteiger partial charge in [-0.2, -0.15) is 0 Å². The van der Waals surface area contributed by atoms with E-state index in [-0.39, 0.29) is 6.42 Å². The van der Waals surface area contributed by atoms with E-state index in [0.717, 1.165) is 17.5 Å². The molecule has 1 rings (SSSR count). The standard InChI is InChI=1S/C25H38O3/c1-4-5-6-7-8-9-10-11-12-13-20-25(2,3)28-21-23-16-14-22(15-17-23)18-19-24(26)27/h14-17H,4-12,18-19,21H2,1-3H3,(H,26,27). The smallest absolute Gasteiger partial charge is 0.303 e. The van der Waals surface area contributed by atoms with Gasteiger partial charge < -0.3 is 9.84 Å². The number of unbranched alkanes of at least 4 members (excludes halogenated alkanes) is 8. The van der Waals surface area contributed by atoms with E-state index >= 15 is 0 Å². The fourth-order valence-corrected chi connectivity index (χ4v) is 2.98. The molecule has 0 aliphatic carbocycles. The monoisotopic (exact) mass is 386 g/mol. The molecule has 1 aromatic rings. The van der Waals surface area contributed by atoms with Gasteiger partial charge in [0.05, 0.1) is 6.61 Å². The van der Waals surface area contributed by atoms with Crippen LogP contribution >= 0.6 is 0 Å². The van der Waals surface area contributed by atoms with Crippen molar-refractivity contribution in [3.8, 4) is 11.8 Å². The highest BCUT2D eigenvalue weighted by molar-refractivity contribution is 5.67. The number of aryl methyl sites for hydroxylation is 1. The molecule has 0 aliphatic heterocycles. The molecular weight excluding hydrogens is 348 g/mol. The first-order valence-corrected chi connectivity index (χ1v) is 10.9. The van der Waals surface area contributed by atoms with Crippen LogP contribution in [0.3, 0.4) is 0 Å². The summed E-state index contributed by atoms with van der Waals surface area (Å²) in [4.78, 5) is 10.6. The molecule has 0 saturated carbocycles. The molecule has 156 valence electrons. The highest BCUT2D eigenvalue weighted by atomic mass is 16.5. The Kier molecular flexibility index (Phi) is 12.3. The quantitative estimate of drug-likeness (QED) is 0.292. The summed E-state index contributed by atoms with van der Waals surface area (Å²) < 4.78 is 5.97. The van der Waals surface area contributed by atoms with E-state index in [9.17, 15) is 4.79 Å². The summed E-state index contributed by atoms with van der Waals surface area (Å²) in [6.07, 6.45) is 12.2. The minimum atomic E-state index is -0.764. The predicted octanol–water partition coefficient (Wildman–Crippen LogP) is 6.53. The van der Waals surface area contributed by atoms with E-state index in [1.54, 1.807) is 0 Å². The summed E-state index contributed by atoms with van der Waals surface area (Å²) in [6.45, 7) is 6.78. The third-order valence-electron chi connectivity index (χ3n) is 4.79. The number of aliphatic carboxylic acids is 1. The molecule has 0 fully saturated rings. The Morgan fingerprint density at radius 3 is 2.14 bits per heavy atom. The lowest BCUT2D eigenvalue weighted by molar-refractivity contribution is -0.136. The van der Waals surface area contributed by atoms with Crippen LogP contribution in [0.15, 0.2) is 24.3 Å². The molecule has 0 aromatic heterocycles. The van der Waals surface area contributed by atoms with Gasteiger partial charge in [0.25, 0.3) is 0 Å². The van der Waals surface area contributed by atoms with Gasteiger partial charge in [0.1, 0.15) is 5.60 Å². The number of hydrogen-bond donors (Lipinski definition) is 1. The average molecular weight is 387 g/mol. The summed E-state index contributed by atoms with van der Waals surface area (Å²) in [7, 11) is 0. The van der Waals surface area contributed by atoms with Crippen LogP contribution in [0.1, 0.15) is 96.1 Å². The molecule has 3 heteroatoms. The van der Waals surface area contributed by atoms with Crippen molar-refractivity contribution in [1.82, 2.24) is 0 Å². The lowest BCUT2D eigenvalue weighted by Crippen LogP contribution is -2.21. The normalized spacial score (nSPS) is 11.1. The Hall–Kier alpha value is -1.79. The Bertz CT molecular complexity index is 605. The first-order valence-electron chi connectivity index (χ1n) is 10.9. The van der Waals surface area contributed by atoms with Crippen LogP contribution in [-0.2, 0) is 22.6 Å². The average Bonchev–Trinajstić information content (AvgIpc) is 2.67. The number of hydrogen-bond acceptors (Lipinski definition) is 2. The Balaban J connectivity index is 2.21. The zero-order chi connectivity index (χ0) is 20.7. The number of rotatable bonds is 14. The molecule has 0 atom stereocenters. The molecular formula is C25H38O3. The minimum absolute atomic E-state index is 0.164. The number of carbonyl (C=O) groups is 1. The van der Waals surface area contributed by atoms with Crippen molar-refractivity contribution < 1.29 is 14.6 Å². The van der Waals surface area contributed by atoms with E-state index in [1.165, 1.54) is 51.4 Å². The maximum atomic E-state index is 10.6. The molecule has 28 heavy (non-hydrogen) atoms. The van der Waals surface area contributed by atoms with Crippen molar-refractivity contribution in [3.63, 3.8) is 0 Å². The van der Waals surface area contributed by atoms with Crippen molar-refractivity contribution in [2.45, 2.75) is 104 Å². The van der Waals surface area contributed by atoms with Gasteiger partial charge in [0, 0.05) is 12.8 Å². The van der Waals surface area contributed by atoms with Gasteiger partial charge in [-0.15, -0.1) is 5.92 Å². The Labute approximate surface area is 171 Å². The number of carboxylic acids is 1. The van der Waals surface area contributed by atoms with Crippen LogP contribution in [0.4, 0.5) is 0 Å². The molecule has 0 amide bonds. The zero-order valence-corrected chi connectivity index (χ0v) is 18.1. The molecule has 0 saturated heterocycles. The van der Waals surface area contributed by atoms with Gasteiger partial charge in [-0.3, -0.25) is 4.79 Å². The molecule has 0 unspecified atom stereocenters. The number of ether oxygens (including phenoxy) is 1. The number of carboxylic acid groups (broad SMARTS) is 1. The second-order valence-electron chi connectivity index (χ2n) is 8.04. The molecule has 3 nitrogen and oxygen atoms in total. The first kappa shape index (κ1) is 24.2. The van der Waals surface area contributed by atoms with Crippen molar-refractivity contribution in [2.24, 2.45) is 0 Å². The first-order chi connectivity index (χ1) is 13.4. The summed E-state index contributed by atoms with van der Waals surface area (Å²) in [5.74, 6) is 5.77. The summed E-state index contributed by atoms with van der Waals surface area (Å²) in [6, 6.07) is 7.95. The topological polar surface area (TPSA) is 46.5 Å². The van der Waals surface area contributed by atoms with E-state index in [2.05, 4.69) is 18.8 Å². The van der Waals surface area contributed by atoms with E-state index in [1.807, 2.05) is 38.1 Å². The largest absolute Gasteiger partial charge is 0.481 e. The second-order valence-corrected chi connectivity index (χ2v) is 8.04. The van der Waals surface area contributed by atoms with Gasteiger partial charge in [0.15, 0.2) is 0 Å². The van der Waals surface area contributed by atoms with Crippen molar-refractivity contribution >= 4 is 5.97 Å². The lowest BCUT2D eigenvalue weighted by Gasteiger charge is -2.19. The molecule has 0 aliphatic rings. The highest BCUT2D eigenvalue weighted by Gasteiger charge is 2.14. The number of benzene rings is 1. The van der Waals surface area contributed by atoms with Crippen molar-refractivity contribution in [1.29, 1.82) is 0 Å². The lowest BCUT2D eigenvalue weighted by atomic mass is 10.1. The van der Waals surface area contributed by atoms with Crippen LogP contribution in [0.2, 0.25) is 0 Å². The SMILES string of the molecule is CCCCCCCCCCC#CC(C)(C)OCc1ccc(CCC(=O)O)cc1. The second kappa shape index (κ2) is 14.2. The van der Waals surface area contributed by atoms with Crippen molar-refractivity contribution in [3.05, 3.63) is 35.4 Å². The van der Waals surface area contributed by atoms with Crippen LogP contribution < -0.4 is 0 Å². The third kappa shape index (κ3) is 12.6. The Morgan fingerprint density at radius 1 is 0.964 bits per heavy atom. The maximum absolute atomic E-state index is 10.6. The molecule has 0 bridgehead atoms. The molecule has 0 radical (unpaired) electrons. The van der Waals surface area contributed by atoms with Crippen LogP contribution in [0, 0.1) is 11.8 Å². The summed E-state index contributed by atoms with van der Waals surface area (Å²) in [5.41, 5.74) is 1.66. The van der Waals surface area contributed by atoms with Gasteiger partial charge in [-0.25, -0.2) is 0 Å². The summed E-state index contributed by atoms with van der Waals surface area (Å²) >= 11 is 0. The highest BCUT2D eigenvalue weighted by Crippen LogP contribution is 2.14. The van der Waals surface area contributed by atoms with Gasteiger partial charge in [-0.1, -0.05) is 82.1 Å². The van der Waals surface area contributed by atoms with Crippen LogP contribution in [-0.4, -0.2) is 16.7 Å². The van der Waals surface area contributed by atoms with E-state index in [4.69, 9.17) is 9.84 Å². The van der Waals surface area contributed by atoms with E-state index < -0.39 is 11.6 Å². The third-order valence-corrected chi connectivity index (χ3v) is 4.79. The molecule has 1 N–H and O–H groups in total.